The Morgan fingerprint density at radius 1 is 1.00 bits per heavy atom. The summed E-state index contributed by atoms with van der Waals surface area (Å²) in [6.45, 7) is 4.19. The van der Waals surface area contributed by atoms with Gasteiger partial charge in [-0.3, -0.25) is 9.13 Å². The third-order valence-electron chi connectivity index (χ3n) is 5.80. The Morgan fingerprint density at radius 2 is 1.73 bits per heavy atom. The van der Waals surface area contributed by atoms with Crippen LogP contribution in [0.4, 0.5) is 8.78 Å². The second-order valence-electron chi connectivity index (χ2n) is 7.84. The molecule has 0 bridgehead atoms. The highest BCUT2D eigenvalue weighted by molar-refractivity contribution is 5.80. The molecule has 0 spiro atoms. The summed E-state index contributed by atoms with van der Waals surface area (Å²) in [5.74, 6) is 0.572. The Morgan fingerprint density at radius 3 is 2.33 bits per heavy atom. The lowest BCUT2D eigenvalue weighted by molar-refractivity contribution is 0.139. The fourth-order valence-electron chi connectivity index (χ4n) is 4.16. The maximum Gasteiger partial charge on any atom is 0.329 e. The molecule has 0 saturated carbocycles. The molecular weight excluding hydrogens is 426 g/mol. The number of hydrogen-bond donors (Lipinski definition) is 1. The second kappa shape index (κ2) is 9.89. The number of benzene rings is 2. The van der Waals surface area contributed by atoms with Crippen molar-refractivity contribution in [1.29, 1.82) is 0 Å². The predicted molar refractivity (Wildman–Crippen MR) is 122 cm³/mol. The summed E-state index contributed by atoms with van der Waals surface area (Å²) in [5.41, 5.74) is 3.56. The first-order chi connectivity index (χ1) is 16.0. The van der Waals surface area contributed by atoms with E-state index >= 15 is 0 Å². The van der Waals surface area contributed by atoms with Gasteiger partial charge in [-0.1, -0.05) is 61.9 Å². The summed E-state index contributed by atoms with van der Waals surface area (Å²) in [6, 6.07) is 15.5. The Bertz CT molecular complexity index is 1260. The van der Waals surface area contributed by atoms with Gasteiger partial charge in [-0.05, 0) is 46.9 Å². The molecule has 0 aliphatic heterocycles. The Kier molecular flexibility index (Phi) is 6.76. The maximum atomic E-state index is 13.8. The molecule has 4 rings (SSSR count). The van der Waals surface area contributed by atoms with Crippen molar-refractivity contribution in [3.05, 3.63) is 76.0 Å². The smallest absolute Gasteiger partial charge is 0.291 e. The zero-order chi connectivity index (χ0) is 23.4. The standard InChI is InChI=1S/C24H26F2N6O/c1-3-5-10-20-21(22(25)26)31(4-2)24(33)32(20)15-16-11-13-17(14-12-16)18-8-6-7-9-19(18)23-27-29-30-28-23/h6-9,11-14,22H,3-5,10,15H2,1-2H3,(H,27,28,29,30). The molecule has 9 heteroatoms. The highest BCUT2D eigenvalue weighted by atomic mass is 19.3. The van der Waals surface area contributed by atoms with Gasteiger partial charge >= 0.3 is 5.69 Å². The number of imidazole rings is 1. The quantitative estimate of drug-likeness (QED) is 0.394. The maximum absolute atomic E-state index is 13.8. The first-order valence-electron chi connectivity index (χ1n) is 11.1. The lowest BCUT2D eigenvalue weighted by Crippen LogP contribution is -2.25. The molecule has 7 nitrogen and oxygen atoms in total. The van der Waals surface area contributed by atoms with E-state index in [4.69, 9.17) is 0 Å². The minimum Gasteiger partial charge on any atom is -0.291 e. The van der Waals surface area contributed by atoms with Gasteiger partial charge in [0.2, 0.25) is 0 Å². The van der Waals surface area contributed by atoms with Crippen LogP contribution in [0.2, 0.25) is 0 Å². The largest absolute Gasteiger partial charge is 0.329 e. The Balaban J connectivity index is 1.68. The van der Waals surface area contributed by atoms with Crippen LogP contribution >= 0.6 is 0 Å². The number of rotatable bonds is 9. The Hall–Kier alpha value is -3.62. The van der Waals surface area contributed by atoms with Gasteiger partial charge in [0.15, 0.2) is 5.82 Å². The topological polar surface area (TPSA) is 81.4 Å². The molecule has 33 heavy (non-hydrogen) atoms. The van der Waals surface area contributed by atoms with Crippen molar-refractivity contribution in [2.45, 2.75) is 52.6 Å². The van der Waals surface area contributed by atoms with E-state index in [1.165, 1.54) is 9.13 Å². The molecule has 0 saturated heterocycles. The molecule has 0 atom stereocenters. The summed E-state index contributed by atoms with van der Waals surface area (Å²) in [5, 5.41) is 14.1. The van der Waals surface area contributed by atoms with Crippen LogP contribution in [0.1, 0.15) is 50.1 Å². The van der Waals surface area contributed by atoms with Gasteiger partial charge in [-0.25, -0.2) is 18.7 Å². The first kappa shape index (κ1) is 22.6. The zero-order valence-corrected chi connectivity index (χ0v) is 18.6. The molecule has 172 valence electrons. The molecule has 4 aromatic rings. The normalized spacial score (nSPS) is 11.4. The lowest BCUT2D eigenvalue weighted by atomic mass is 9.98. The summed E-state index contributed by atoms with van der Waals surface area (Å²) in [7, 11) is 0. The second-order valence-corrected chi connectivity index (χ2v) is 7.84. The molecule has 1 N–H and O–H groups in total. The molecule has 0 fully saturated rings. The highest BCUT2D eigenvalue weighted by Crippen LogP contribution is 2.30. The number of tetrazole rings is 1. The van der Waals surface area contributed by atoms with E-state index in [0.717, 1.165) is 35.1 Å². The van der Waals surface area contributed by atoms with E-state index in [0.29, 0.717) is 17.9 Å². The molecule has 0 radical (unpaired) electrons. The number of aromatic amines is 1. The van der Waals surface area contributed by atoms with Crippen LogP contribution in [0, 0.1) is 0 Å². The van der Waals surface area contributed by atoms with Gasteiger partial charge in [0.1, 0.15) is 5.69 Å². The number of unbranched alkanes of at least 4 members (excludes halogenated alkanes) is 1. The van der Waals surface area contributed by atoms with Crippen LogP contribution in [0.15, 0.2) is 53.3 Å². The van der Waals surface area contributed by atoms with Crippen molar-refractivity contribution in [2.75, 3.05) is 0 Å². The number of alkyl halides is 2. The van der Waals surface area contributed by atoms with Gasteiger partial charge < -0.3 is 0 Å². The molecule has 2 heterocycles. The molecule has 2 aromatic heterocycles. The molecule has 0 amide bonds. The number of nitrogens with zero attached hydrogens (tertiary/aromatic N) is 5. The van der Waals surface area contributed by atoms with Gasteiger partial charge in [-0.2, -0.15) is 0 Å². The van der Waals surface area contributed by atoms with Crippen molar-refractivity contribution in [3.8, 4) is 22.5 Å². The van der Waals surface area contributed by atoms with Gasteiger partial charge in [0, 0.05) is 17.8 Å². The van der Waals surface area contributed by atoms with E-state index in [-0.39, 0.29) is 24.5 Å². The van der Waals surface area contributed by atoms with Crippen LogP contribution in [0.3, 0.4) is 0 Å². The van der Waals surface area contributed by atoms with Crippen molar-refractivity contribution >= 4 is 0 Å². The van der Waals surface area contributed by atoms with E-state index in [1.54, 1.807) is 6.92 Å². The average molecular weight is 453 g/mol. The van der Waals surface area contributed by atoms with Crippen LogP contribution in [0.5, 0.6) is 0 Å². The summed E-state index contributed by atoms with van der Waals surface area (Å²) in [6.07, 6.45) is -0.618. The molecule has 0 aliphatic rings. The van der Waals surface area contributed by atoms with E-state index in [1.807, 2.05) is 55.5 Å². The molecule has 0 unspecified atom stereocenters. The highest BCUT2D eigenvalue weighted by Gasteiger charge is 2.25. The number of hydrogen-bond acceptors (Lipinski definition) is 4. The van der Waals surface area contributed by atoms with Crippen molar-refractivity contribution in [2.24, 2.45) is 0 Å². The SMILES string of the molecule is CCCCc1c(C(F)F)n(CC)c(=O)n1Cc1ccc(-c2ccccc2-c2nnn[nH]2)cc1. The first-order valence-corrected chi connectivity index (χ1v) is 11.1. The van der Waals surface area contributed by atoms with Crippen molar-refractivity contribution in [3.63, 3.8) is 0 Å². The average Bonchev–Trinajstić information content (AvgIpc) is 3.45. The number of nitrogens with one attached hydrogen (secondary N) is 1. The third-order valence-corrected chi connectivity index (χ3v) is 5.80. The van der Waals surface area contributed by atoms with Crippen LogP contribution in [-0.4, -0.2) is 29.8 Å². The van der Waals surface area contributed by atoms with Crippen molar-refractivity contribution in [1.82, 2.24) is 29.8 Å². The number of H-pyrrole nitrogens is 1. The van der Waals surface area contributed by atoms with E-state index in [9.17, 15) is 13.6 Å². The number of halogens is 2. The third kappa shape index (κ3) is 4.48. The molecule has 2 aromatic carbocycles. The van der Waals surface area contributed by atoms with E-state index < -0.39 is 6.43 Å². The lowest BCUT2D eigenvalue weighted by Gasteiger charge is -2.11. The van der Waals surface area contributed by atoms with Gasteiger partial charge in [-0.15, -0.1) is 5.10 Å². The Labute approximate surface area is 190 Å². The molecular formula is C24H26F2N6O. The van der Waals surface area contributed by atoms with Gasteiger partial charge in [0.05, 0.1) is 6.54 Å². The fraction of sp³-hybridized carbons (Fsp3) is 0.333. The monoisotopic (exact) mass is 452 g/mol. The minimum absolute atomic E-state index is 0.151. The van der Waals surface area contributed by atoms with Crippen molar-refractivity contribution < 1.29 is 8.78 Å². The van der Waals surface area contributed by atoms with Crippen LogP contribution in [0.25, 0.3) is 22.5 Å². The minimum atomic E-state index is -2.68. The summed E-state index contributed by atoms with van der Waals surface area (Å²) < 4.78 is 30.4. The van der Waals surface area contributed by atoms with Crippen LogP contribution in [-0.2, 0) is 19.5 Å². The predicted octanol–water partition coefficient (Wildman–Crippen LogP) is 4.85. The zero-order valence-electron chi connectivity index (χ0n) is 18.6. The summed E-state index contributed by atoms with van der Waals surface area (Å²) >= 11 is 0. The summed E-state index contributed by atoms with van der Waals surface area (Å²) in [4.78, 5) is 12.9. The van der Waals surface area contributed by atoms with Crippen LogP contribution < -0.4 is 5.69 Å². The molecule has 0 aliphatic carbocycles. The fourth-order valence-corrected chi connectivity index (χ4v) is 4.16. The number of aromatic nitrogens is 6. The van der Waals surface area contributed by atoms with Gasteiger partial charge in [0.25, 0.3) is 6.43 Å². The van der Waals surface area contributed by atoms with E-state index in [2.05, 4.69) is 20.6 Å².